The second-order valence-electron chi connectivity index (χ2n) is 5.48. The lowest BCUT2D eigenvalue weighted by Gasteiger charge is -2.13. The van der Waals surface area contributed by atoms with Crippen LogP contribution in [0.4, 0.5) is 5.82 Å². The molecular weight excluding hydrogens is 342 g/mol. The number of rotatable bonds is 5. The van der Waals surface area contributed by atoms with Crippen LogP contribution >= 0.6 is 0 Å². The van der Waals surface area contributed by atoms with E-state index in [1.165, 1.54) is 23.8 Å². The van der Waals surface area contributed by atoms with Crippen LogP contribution in [0.25, 0.3) is 0 Å². The SMILES string of the molecule is CC(=O)OC[C@H]1OC[C@@H](n2ccc(NC(=O)c3ccccc3)nc2=O)O1. The first-order valence-corrected chi connectivity index (χ1v) is 7.89. The van der Waals surface area contributed by atoms with Crippen LogP contribution in [0.3, 0.4) is 0 Å². The summed E-state index contributed by atoms with van der Waals surface area (Å²) in [7, 11) is 0. The second-order valence-corrected chi connectivity index (χ2v) is 5.48. The number of hydrogen-bond donors (Lipinski definition) is 1. The molecule has 1 fully saturated rings. The van der Waals surface area contributed by atoms with Crippen LogP contribution in [0.5, 0.6) is 0 Å². The Hall–Kier alpha value is -3.04. The molecule has 1 saturated heterocycles. The van der Waals surface area contributed by atoms with E-state index in [9.17, 15) is 14.4 Å². The number of ether oxygens (including phenoxy) is 3. The van der Waals surface area contributed by atoms with Gasteiger partial charge in [0, 0.05) is 18.7 Å². The molecule has 1 aliphatic rings. The van der Waals surface area contributed by atoms with Crippen molar-refractivity contribution >= 4 is 17.7 Å². The molecule has 9 heteroatoms. The Kier molecular flexibility index (Phi) is 5.40. The molecule has 1 aromatic heterocycles. The number of carbonyl (C=O) groups excluding carboxylic acids is 2. The first kappa shape index (κ1) is 17.8. The number of nitrogens with zero attached hydrogens (tertiary/aromatic N) is 2. The lowest BCUT2D eigenvalue weighted by Crippen LogP contribution is -2.29. The van der Waals surface area contributed by atoms with Gasteiger partial charge in [-0.15, -0.1) is 0 Å². The quantitative estimate of drug-likeness (QED) is 0.791. The highest BCUT2D eigenvalue weighted by Crippen LogP contribution is 2.20. The smallest absolute Gasteiger partial charge is 0.351 e. The lowest BCUT2D eigenvalue weighted by atomic mass is 10.2. The minimum atomic E-state index is -0.742. The van der Waals surface area contributed by atoms with Gasteiger partial charge in [0.05, 0.1) is 6.61 Å². The fourth-order valence-corrected chi connectivity index (χ4v) is 2.34. The molecule has 1 aliphatic heterocycles. The summed E-state index contributed by atoms with van der Waals surface area (Å²) in [5.74, 6) is -0.675. The maximum absolute atomic E-state index is 12.2. The van der Waals surface area contributed by atoms with Gasteiger partial charge < -0.3 is 19.5 Å². The number of esters is 1. The van der Waals surface area contributed by atoms with Crippen LogP contribution in [0.15, 0.2) is 47.4 Å². The van der Waals surface area contributed by atoms with Crippen LogP contribution in [0.2, 0.25) is 0 Å². The topological polar surface area (TPSA) is 109 Å². The van der Waals surface area contributed by atoms with E-state index < -0.39 is 24.2 Å². The minimum absolute atomic E-state index is 0.0563. The highest BCUT2D eigenvalue weighted by Gasteiger charge is 2.29. The predicted octanol–water partition coefficient (Wildman–Crippen LogP) is 0.930. The predicted molar refractivity (Wildman–Crippen MR) is 89.4 cm³/mol. The first-order chi connectivity index (χ1) is 12.5. The van der Waals surface area contributed by atoms with Gasteiger partial charge in [-0.2, -0.15) is 4.98 Å². The van der Waals surface area contributed by atoms with Crippen LogP contribution in [0, 0.1) is 0 Å². The molecule has 1 N–H and O–H groups in total. The summed E-state index contributed by atoms with van der Waals surface area (Å²) in [6.07, 6.45) is 0.0285. The molecule has 0 aliphatic carbocycles. The Morgan fingerprint density at radius 3 is 2.77 bits per heavy atom. The second kappa shape index (κ2) is 7.89. The maximum atomic E-state index is 12.2. The van der Waals surface area contributed by atoms with Crippen LogP contribution < -0.4 is 11.0 Å². The van der Waals surface area contributed by atoms with E-state index in [2.05, 4.69) is 10.3 Å². The van der Waals surface area contributed by atoms with E-state index in [-0.39, 0.29) is 24.9 Å². The third-order valence-electron chi connectivity index (χ3n) is 3.57. The molecule has 0 unspecified atom stereocenters. The molecule has 1 aromatic carbocycles. The Morgan fingerprint density at radius 1 is 1.31 bits per heavy atom. The van der Waals surface area contributed by atoms with E-state index in [1.807, 2.05) is 0 Å². The molecule has 2 aromatic rings. The molecule has 1 amide bonds. The molecule has 0 saturated carbocycles. The largest absolute Gasteiger partial charge is 0.460 e. The first-order valence-electron chi connectivity index (χ1n) is 7.89. The third-order valence-corrected chi connectivity index (χ3v) is 3.57. The number of anilines is 1. The van der Waals surface area contributed by atoms with Gasteiger partial charge in [0.15, 0.2) is 12.5 Å². The molecule has 0 bridgehead atoms. The van der Waals surface area contributed by atoms with Gasteiger partial charge in [-0.25, -0.2) is 4.79 Å². The highest BCUT2D eigenvalue weighted by molar-refractivity contribution is 6.03. The van der Waals surface area contributed by atoms with E-state index in [1.54, 1.807) is 30.3 Å². The Labute approximate surface area is 148 Å². The van der Waals surface area contributed by atoms with Gasteiger partial charge in [-0.3, -0.25) is 14.2 Å². The van der Waals surface area contributed by atoms with E-state index in [0.29, 0.717) is 5.56 Å². The normalized spacial score (nSPS) is 19.1. The molecule has 26 heavy (non-hydrogen) atoms. The van der Waals surface area contributed by atoms with Crippen molar-refractivity contribution < 1.29 is 23.8 Å². The monoisotopic (exact) mass is 359 g/mol. The van der Waals surface area contributed by atoms with Gasteiger partial charge in [-0.1, -0.05) is 18.2 Å². The van der Waals surface area contributed by atoms with Crippen LogP contribution in [-0.2, 0) is 19.0 Å². The maximum Gasteiger partial charge on any atom is 0.351 e. The Balaban J connectivity index is 1.64. The summed E-state index contributed by atoms with van der Waals surface area (Å²) in [5.41, 5.74) is -0.142. The highest BCUT2D eigenvalue weighted by atomic mass is 16.7. The van der Waals surface area contributed by atoms with Crippen molar-refractivity contribution in [2.45, 2.75) is 19.4 Å². The van der Waals surface area contributed by atoms with Crippen molar-refractivity contribution in [3.05, 3.63) is 58.6 Å². The van der Waals surface area contributed by atoms with Gasteiger partial charge >= 0.3 is 11.7 Å². The number of carbonyl (C=O) groups is 2. The summed E-state index contributed by atoms with van der Waals surface area (Å²) < 4.78 is 16.9. The van der Waals surface area contributed by atoms with Gasteiger partial charge in [0.25, 0.3) is 5.91 Å². The van der Waals surface area contributed by atoms with Crippen LogP contribution in [0.1, 0.15) is 23.5 Å². The third kappa shape index (κ3) is 4.32. The van der Waals surface area contributed by atoms with Crippen LogP contribution in [-0.4, -0.2) is 40.9 Å². The standard InChI is InChI=1S/C17H17N3O6/c1-11(21)24-10-15-25-9-14(26-15)20-8-7-13(19-17(20)23)18-16(22)12-5-3-2-4-6-12/h2-8,14-15H,9-10H2,1H3,(H,18,19,22,23)/t14-,15-/m0/s1. The fourth-order valence-electron chi connectivity index (χ4n) is 2.34. The van der Waals surface area contributed by atoms with Gasteiger partial charge in [0.1, 0.15) is 12.4 Å². The number of benzene rings is 1. The van der Waals surface area contributed by atoms with Crippen molar-refractivity contribution in [2.24, 2.45) is 0 Å². The molecule has 2 atom stereocenters. The van der Waals surface area contributed by atoms with E-state index >= 15 is 0 Å². The van der Waals surface area contributed by atoms with Gasteiger partial charge in [-0.05, 0) is 18.2 Å². The van der Waals surface area contributed by atoms with Crippen molar-refractivity contribution in [2.75, 3.05) is 18.5 Å². The Morgan fingerprint density at radius 2 is 2.08 bits per heavy atom. The average molecular weight is 359 g/mol. The number of hydrogen-bond acceptors (Lipinski definition) is 7. The number of nitrogens with one attached hydrogen (secondary N) is 1. The molecule has 9 nitrogen and oxygen atoms in total. The van der Waals surface area contributed by atoms with E-state index in [4.69, 9.17) is 14.2 Å². The number of amides is 1. The molecule has 0 spiro atoms. The molecule has 3 rings (SSSR count). The lowest BCUT2D eigenvalue weighted by molar-refractivity contribution is -0.156. The summed E-state index contributed by atoms with van der Waals surface area (Å²) in [6, 6.07) is 10.1. The molecule has 136 valence electrons. The summed E-state index contributed by atoms with van der Waals surface area (Å²) in [4.78, 5) is 38.9. The van der Waals surface area contributed by atoms with Gasteiger partial charge in [0.2, 0.25) is 0 Å². The van der Waals surface area contributed by atoms with Crippen molar-refractivity contribution in [1.82, 2.24) is 9.55 Å². The molecule has 0 radical (unpaired) electrons. The molecule has 2 heterocycles. The Bertz CT molecular complexity index is 851. The summed E-state index contributed by atoms with van der Waals surface area (Å²) in [6.45, 7) is 1.34. The summed E-state index contributed by atoms with van der Waals surface area (Å²) >= 11 is 0. The zero-order chi connectivity index (χ0) is 18.5. The molecular formula is C17H17N3O6. The number of aromatic nitrogens is 2. The fraction of sp³-hybridized carbons (Fsp3) is 0.294. The van der Waals surface area contributed by atoms with Crippen molar-refractivity contribution in [3.63, 3.8) is 0 Å². The average Bonchev–Trinajstić information content (AvgIpc) is 3.09. The van der Waals surface area contributed by atoms with E-state index in [0.717, 1.165) is 0 Å². The summed E-state index contributed by atoms with van der Waals surface area (Å²) in [5, 5.41) is 2.57. The zero-order valence-corrected chi connectivity index (χ0v) is 14.0. The zero-order valence-electron chi connectivity index (χ0n) is 14.0. The van der Waals surface area contributed by atoms with Crippen molar-refractivity contribution in [1.29, 1.82) is 0 Å². The minimum Gasteiger partial charge on any atom is -0.460 e. The van der Waals surface area contributed by atoms with Crippen molar-refractivity contribution in [3.8, 4) is 0 Å².